The number of hydrogen-bond acceptors (Lipinski definition) is 4. The second kappa shape index (κ2) is 11.4. The average Bonchev–Trinajstić information content (AvgIpc) is 3.51. The number of imidazole rings is 1. The van der Waals surface area contributed by atoms with Crippen LogP contribution in [0.4, 0.5) is 0 Å². The number of nitrogens with one attached hydrogen (secondary N) is 3. The molecule has 1 atom stereocenters. The fourth-order valence-electron chi connectivity index (χ4n) is 3.94. The molecule has 0 aliphatic carbocycles. The van der Waals surface area contributed by atoms with Crippen LogP contribution in [0.25, 0.3) is 11.0 Å². The molecule has 0 radical (unpaired) electrons. The lowest BCUT2D eigenvalue weighted by molar-refractivity contribution is 0.215. The Morgan fingerprint density at radius 3 is 2.77 bits per heavy atom. The van der Waals surface area contributed by atoms with E-state index in [1.807, 2.05) is 31.3 Å². The number of aryl methyl sites for hydroxylation is 1. The highest BCUT2D eigenvalue weighted by atomic mass is 127. The molecule has 0 amide bonds. The molecule has 1 saturated heterocycles. The van der Waals surface area contributed by atoms with E-state index < -0.39 is 0 Å². The van der Waals surface area contributed by atoms with Crippen molar-refractivity contribution in [1.82, 2.24) is 25.5 Å². The van der Waals surface area contributed by atoms with E-state index in [1.54, 1.807) is 6.26 Å². The van der Waals surface area contributed by atoms with Crippen LogP contribution >= 0.6 is 24.0 Å². The van der Waals surface area contributed by atoms with E-state index in [1.165, 1.54) is 12.8 Å². The van der Waals surface area contributed by atoms with Crippen molar-refractivity contribution in [2.45, 2.75) is 31.7 Å². The summed E-state index contributed by atoms with van der Waals surface area (Å²) in [5.41, 5.74) is 2.12. The number of nitrogens with zero attached hydrogens (tertiary/aromatic N) is 3. The van der Waals surface area contributed by atoms with E-state index in [0.717, 1.165) is 67.6 Å². The molecule has 3 heterocycles. The van der Waals surface area contributed by atoms with Crippen molar-refractivity contribution in [1.29, 1.82) is 0 Å². The van der Waals surface area contributed by atoms with E-state index in [-0.39, 0.29) is 30.0 Å². The molecular weight excluding hydrogens is 491 g/mol. The van der Waals surface area contributed by atoms with Crippen LogP contribution in [0.2, 0.25) is 0 Å². The number of guanidine groups is 1. The fourth-order valence-corrected chi connectivity index (χ4v) is 3.94. The van der Waals surface area contributed by atoms with Gasteiger partial charge in [-0.05, 0) is 56.6 Å². The maximum atomic E-state index is 5.69. The lowest BCUT2D eigenvalue weighted by Gasteiger charge is -2.26. The molecule has 1 fully saturated rings. The molecule has 0 saturated carbocycles. The van der Waals surface area contributed by atoms with Crippen molar-refractivity contribution < 1.29 is 4.42 Å². The van der Waals surface area contributed by atoms with Crippen LogP contribution in [0.5, 0.6) is 0 Å². The minimum absolute atomic E-state index is 0. The molecule has 0 bridgehead atoms. The highest BCUT2D eigenvalue weighted by Crippen LogP contribution is 2.24. The molecule has 1 aliphatic rings. The zero-order chi connectivity index (χ0) is 19.9. The smallest absolute Gasteiger partial charge is 0.191 e. The summed E-state index contributed by atoms with van der Waals surface area (Å²) in [5, 5.41) is 6.88. The lowest BCUT2D eigenvalue weighted by atomic mass is 10.2. The molecule has 1 unspecified atom stereocenters. The van der Waals surface area contributed by atoms with Crippen molar-refractivity contribution in [2.24, 2.45) is 4.99 Å². The summed E-state index contributed by atoms with van der Waals surface area (Å²) in [6.07, 6.45) is 6.15. The van der Waals surface area contributed by atoms with Crippen LogP contribution in [0, 0.1) is 0 Å². The maximum Gasteiger partial charge on any atom is 0.191 e. The molecule has 7 nitrogen and oxygen atoms in total. The number of rotatable bonds is 8. The molecule has 162 valence electrons. The zero-order valence-corrected chi connectivity index (χ0v) is 19.8. The van der Waals surface area contributed by atoms with Gasteiger partial charge in [-0.15, -0.1) is 24.0 Å². The van der Waals surface area contributed by atoms with Gasteiger partial charge in [0.1, 0.15) is 11.6 Å². The quantitative estimate of drug-likeness (QED) is 0.182. The largest absolute Gasteiger partial charge is 0.468 e. The monoisotopic (exact) mass is 522 g/mol. The van der Waals surface area contributed by atoms with Crippen LogP contribution in [-0.4, -0.2) is 54.1 Å². The predicted octanol–water partition coefficient (Wildman–Crippen LogP) is 3.71. The summed E-state index contributed by atoms with van der Waals surface area (Å²) >= 11 is 0. The molecular formula is C22H31IN6O. The normalized spacial score (nSPS) is 15.8. The van der Waals surface area contributed by atoms with E-state index in [4.69, 9.17) is 4.42 Å². The van der Waals surface area contributed by atoms with E-state index in [0.29, 0.717) is 0 Å². The lowest BCUT2D eigenvalue weighted by Crippen LogP contribution is -2.42. The number of para-hydroxylation sites is 2. The van der Waals surface area contributed by atoms with Crippen molar-refractivity contribution in [3.05, 3.63) is 54.2 Å². The second-order valence-corrected chi connectivity index (χ2v) is 7.46. The van der Waals surface area contributed by atoms with Gasteiger partial charge in [-0.25, -0.2) is 4.98 Å². The summed E-state index contributed by atoms with van der Waals surface area (Å²) in [4.78, 5) is 14.9. The Labute approximate surface area is 194 Å². The summed E-state index contributed by atoms with van der Waals surface area (Å²) in [6.45, 7) is 3.86. The molecule has 30 heavy (non-hydrogen) atoms. The first-order chi connectivity index (χ1) is 14.3. The van der Waals surface area contributed by atoms with Crippen LogP contribution < -0.4 is 10.6 Å². The molecule has 0 spiro atoms. The number of aromatic nitrogens is 2. The van der Waals surface area contributed by atoms with Crippen molar-refractivity contribution in [3.63, 3.8) is 0 Å². The molecule has 1 aliphatic heterocycles. The van der Waals surface area contributed by atoms with Crippen LogP contribution in [0.3, 0.4) is 0 Å². The van der Waals surface area contributed by atoms with Crippen LogP contribution in [0.1, 0.15) is 36.9 Å². The van der Waals surface area contributed by atoms with Gasteiger partial charge in [-0.1, -0.05) is 12.1 Å². The first-order valence-electron chi connectivity index (χ1n) is 10.5. The van der Waals surface area contributed by atoms with Crippen LogP contribution in [-0.2, 0) is 6.42 Å². The second-order valence-electron chi connectivity index (χ2n) is 7.46. The number of aromatic amines is 1. The van der Waals surface area contributed by atoms with E-state index >= 15 is 0 Å². The first kappa shape index (κ1) is 22.6. The predicted molar refractivity (Wildman–Crippen MR) is 131 cm³/mol. The minimum Gasteiger partial charge on any atom is -0.468 e. The third-order valence-corrected chi connectivity index (χ3v) is 5.46. The standard InChI is InChI=1S/C22H30N6O.HI/c1-23-22(24-12-6-11-21-26-17-8-2-3-9-18(17)27-21)25-16-19(20-10-7-15-29-20)28-13-4-5-14-28;/h2-3,7-10,15,19H,4-6,11-14,16H2,1H3,(H,26,27)(H2,23,24,25);1H. The zero-order valence-electron chi connectivity index (χ0n) is 17.4. The van der Waals surface area contributed by atoms with Gasteiger partial charge in [0.05, 0.1) is 23.3 Å². The van der Waals surface area contributed by atoms with Gasteiger partial charge in [-0.3, -0.25) is 9.89 Å². The van der Waals surface area contributed by atoms with E-state index in [2.05, 4.69) is 42.6 Å². The van der Waals surface area contributed by atoms with Crippen molar-refractivity contribution in [3.8, 4) is 0 Å². The van der Waals surface area contributed by atoms with Gasteiger partial charge in [-0.2, -0.15) is 0 Å². The average molecular weight is 522 g/mol. The Kier molecular flexibility index (Phi) is 8.56. The number of likely N-dealkylation sites (tertiary alicyclic amines) is 1. The Morgan fingerprint density at radius 2 is 2.03 bits per heavy atom. The molecule has 4 rings (SSSR count). The molecule has 8 heteroatoms. The first-order valence-corrected chi connectivity index (χ1v) is 10.5. The van der Waals surface area contributed by atoms with Gasteiger partial charge in [0.2, 0.25) is 0 Å². The highest BCUT2D eigenvalue weighted by Gasteiger charge is 2.25. The Balaban J connectivity index is 0.00000256. The van der Waals surface area contributed by atoms with Gasteiger partial charge < -0.3 is 20.0 Å². The third-order valence-electron chi connectivity index (χ3n) is 5.46. The van der Waals surface area contributed by atoms with Gasteiger partial charge in [0.15, 0.2) is 5.96 Å². The summed E-state index contributed by atoms with van der Waals surface area (Å²) in [7, 11) is 1.81. The Hall–Kier alpha value is -2.07. The summed E-state index contributed by atoms with van der Waals surface area (Å²) < 4.78 is 5.69. The van der Waals surface area contributed by atoms with E-state index in [9.17, 15) is 0 Å². The summed E-state index contributed by atoms with van der Waals surface area (Å²) in [5.74, 6) is 2.87. The molecule has 3 aromatic rings. The Morgan fingerprint density at radius 1 is 1.20 bits per heavy atom. The highest BCUT2D eigenvalue weighted by molar-refractivity contribution is 14.0. The van der Waals surface area contributed by atoms with Crippen molar-refractivity contribution in [2.75, 3.05) is 33.2 Å². The number of H-pyrrole nitrogens is 1. The summed E-state index contributed by atoms with van der Waals surface area (Å²) in [6, 6.07) is 12.4. The number of fused-ring (bicyclic) bond motifs is 1. The number of aliphatic imine (C=N–C) groups is 1. The molecule has 2 aromatic heterocycles. The van der Waals surface area contributed by atoms with Gasteiger partial charge in [0, 0.05) is 26.6 Å². The molecule has 1 aromatic carbocycles. The number of furan rings is 1. The number of hydrogen-bond donors (Lipinski definition) is 3. The topological polar surface area (TPSA) is 81.5 Å². The molecule has 3 N–H and O–H groups in total. The van der Waals surface area contributed by atoms with Crippen LogP contribution in [0.15, 0.2) is 52.1 Å². The van der Waals surface area contributed by atoms with Gasteiger partial charge >= 0.3 is 0 Å². The maximum absolute atomic E-state index is 5.69. The fraction of sp³-hybridized carbons (Fsp3) is 0.455. The SMILES string of the molecule is CN=C(NCCCc1nc2ccccc2[nH]1)NCC(c1ccco1)N1CCCC1.I. The number of benzene rings is 1. The minimum atomic E-state index is 0. The third kappa shape index (κ3) is 5.75. The Bertz CT molecular complexity index is 884. The number of halogens is 1. The van der Waals surface area contributed by atoms with Gasteiger partial charge in [0.25, 0.3) is 0 Å². The van der Waals surface area contributed by atoms with Crippen molar-refractivity contribution >= 4 is 41.0 Å².